The Morgan fingerprint density at radius 2 is 2.04 bits per heavy atom. The van der Waals surface area contributed by atoms with E-state index in [-0.39, 0.29) is 5.84 Å². The number of benzene rings is 1. The first-order valence-electron chi connectivity index (χ1n) is 8.91. The van der Waals surface area contributed by atoms with Gasteiger partial charge in [0.05, 0.1) is 11.4 Å². The van der Waals surface area contributed by atoms with E-state index in [4.69, 9.17) is 22.7 Å². The molecule has 8 heteroatoms. The lowest BCUT2D eigenvalue weighted by molar-refractivity contribution is 0.425. The fourth-order valence-electron chi connectivity index (χ4n) is 2.82. The number of nitrogens with zero attached hydrogens (tertiary/aromatic N) is 3. The SMILES string of the molecule is C/C(N)=C1\N=C(c2ccccc2Cl)c2cnc(NCCN(C)C)cc2NC1=N. The zero-order valence-corrected chi connectivity index (χ0v) is 16.9. The molecule has 0 unspecified atom stereocenters. The molecule has 28 heavy (non-hydrogen) atoms. The van der Waals surface area contributed by atoms with Gasteiger partial charge in [0.2, 0.25) is 0 Å². The Kier molecular flexibility index (Phi) is 5.96. The van der Waals surface area contributed by atoms with Crippen molar-refractivity contribution in [1.82, 2.24) is 9.88 Å². The second kappa shape index (κ2) is 8.41. The van der Waals surface area contributed by atoms with E-state index in [2.05, 4.69) is 25.5 Å². The molecule has 0 bridgehead atoms. The number of pyridine rings is 1. The molecule has 2 heterocycles. The number of nitrogens with one attached hydrogen (secondary N) is 3. The summed E-state index contributed by atoms with van der Waals surface area (Å²) >= 11 is 6.43. The Labute approximate surface area is 169 Å². The number of likely N-dealkylation sites (N-methyl/N-ethyl adjacent to an activating group) is 1. The third kappa shape index (κ3) is 4.32. The van der Waals surface area contributed by atoms with Gasteiger partial charge < -0.3 is 21.3 Å². The average Bonchev–Trinajstić information content (AvgIpc) is 2.77. The first-order valence-corrected chi connectivity index (χ1v) is 9.29. The summed E-state index contributed by atoms with van der Waals surface area (Å²) in [7, 11) is 4.04. The summed E-state index contributed by atoms with van der Waals surface area (Å²) in [5.41, 5.74) is 9.69. The number of aromatic nitrogens is 1. The summed E-state index contributed by atoms with van der Waals surface area (Å²) in [6, 6.07) is 9.35. The van der Waals surface area contributed by atoms with Crippen molar-refractivity contribution >= 4 is 34.7 Å². The van der Waals surface area contributed by atoms with Gasteiger partial charge in [-0.05, 0) is 27.1 Å². The van der Waals surface area contributed by atoms with E-state index in [0.717, 1.165) is 35.7 Å². The zero-order chi connectivity index (χ0) is 20.3. The molecule has 1 aliphatic rings. The van der Waals surface area contributed by atoms with Crippen LogP contribution in [0.4, 0.5) is 11.5 Å². The molecule has 1 aromatic heterocycles. The Hall–Kier alpha value is -2.90. The number of fused-ring (bicyclic) bond motifs is 1. The molecule has 0 aliphatic carbocycles. The molecule has 3 rings (SSSR count). The van der Waals surface area contributed by atoms with E-state index in [9.17, 15) is 0 Å². The van der Waals surface area contributed by atoms with E-state index in [1.165, 1.54) is 0 Å². The molecule has 0 saturated carbocycles. The number of halogens is 1. The van der Waals surface area contributed by atoms with Crippen molar-refractivity contribution in [3.63, 3.8) is 0 Å². The minimum absolute atomic E-state index is 0.133. The largest absolute Gasteiger partial charge is 0.400 e. The number of aliphatic imine (C=N–C) groups is 1. The van der Waals surface area contributed by atoms with Gasteiger partial charge in [-0.2, -0.15) is 0 Å². The second-order valence-electron chi connectivity index (χ2n) is 6.82. The highest BCUT2D eigenvalue weighted by Gasteiger charge is 2.22. The van der Waals surface area contributed by atoms with Crippen molar-refractivity contribution in [2.24, 2.45) is 10.7 Å². The number of hydrogen-bond donors (Lipinski definition) is 4. The van der Waals surface area contributed by atoms with Crippen LogP contribution in [0, 0.1) is 5.41 Å². The van der Waals surface area contributed by atoms with E-state index in [1.807, 2.05) is 44.4 Å². The molecule has 1 aliphatic heterocycles. The second-order valence-corrected chi connectivity index (χ2v) is 7.22. The van der Waals surface area contributed by atoms with Crippen LogP contribution in [-0.2, 0) is 0 Å². The Morgan fingerprint density at radius 3 is 2.71 bits per heavy atom. The van der Waals surface area contributed by atoms with Gasteiger partial charge in [-0.15, -0.1) is 0 Å². The number of hydrogen-bond acceptors (Lipinski definition) is 6. The summed E-state index contributed by atoms with van der Waals surface area (Å²) in [6.07, 6.45) is 1.74. The number of rotatable bonds is 5. The van der Waals surface area contributed by atoms with Gasteiger partial charge in [0.1, 0.15) is 11.5 Å². The molecule has 146 valence electrons. The van der Waals surface area contributed by atoms with Gasteiger partial charge in [0, 0.05) is 47.2 Å². The van der Waals surface area contributed by atoms with Crippen molar-refractivity contribution in [3.8, 4) is 0 Å². The minimum Gasteiger partial charge on any atom is -0.400 e. The lowest BCUT2D eigenvalue weighted by Gasteiger charge is -2.14. The summed E-state index contributed by atoms with van der Waals surface area (Å²) in [6.45, 7) is 3.37. The van der Waals surface area contributed by atoms with Crippen molar-refractivity contribution in [2.45, 2.75) is 6.92 Å². The molecule has 0 amide bonds. The first kappa shape index (κ1) is 19.9. The zero-order valence-electron chi connectivity index (χ0n) is 16.2. The molecule has 5 N–H and O–H groups in total. The molecule has 0 saturated heterocycles. The predicted octanol–water partition coefficient (Wildman–Crippen LogP) is 3.14. The molecule has 2 aromatic rings. The fraction of sp³-hybridized carbons (Fsp3) is 0.250. The number of anilines is 2. The summed E-state index contributed by atoms with van der Waals surface area (Å²) in [5.74, 6) is 0.852. The monoisotopic (exact) mass is 397 g/mol. The summed E-state index contributed by atoms with van der Waals surface area (Å²) in [4.78, 5) is 11.3. The van der Waals surface area contributed by atoms with Crippen LogP contribution in [0.1, 0.15) is 18.1 Å². The van der Waals surface area contributed by atoms with Crippen LogP contribution in [0.25, 0.3) is 0 Å². The van der Waals surface area contributed by atoms with Gasteiger partial charge in [0.15, 0.2) is 5.84 Å². The molecular weight excluding hydrogens is 374 g/mol. The summed E-state index contributed by atoms with van der Waals surface area (Å²) in [5, 5.41) is 15.4. The lowest BCUT2D eigenvalue weighted by Crippen LogP contribution is -2.21. The Bertz CT molecular complexity index is 959. The van der Waals surface area contributed by atoms with Crippen LogP contribution >= 0.6 is 11.6 Å². The van der Waals surface area contributed by atoms with Crippen LogP contribution in [0.3, 0.4) is 0 Å². The Balaban J connectivity index is 2.08. The maximum atomic E-state index is 8.38. The molecule has 0 atom stereocenters. The highest BCUT2D eigenvalue weighted by Crippen LogP contribution is 2.29. The van der Waals surface area contributed by atoms with Gasteiger partial charge in [-0.25, -0.2) is 9.98 Å². The molecule has 0 fully saturated rings. The van der Waals surface area contributed by atoms with Crippen molar-refractivity contribution in [1.29, 1.82) is 5.41 Å². The Morgan fingerprint density at radius 1 is 1.29 bits per heavy atom. The molecule has 1 aromatic carbocycles. The van der Waals surface area contributed by atoms with Crippen molar-refractivity contribution < 1.29 is 0 Å². The predicted molar refractivity (Wildman–Crippen MR) is 117 cm³/mol. The number of allylic oxidation sites excluding steroid dienone is 1. The van der Waals surface area contributed by atoms with Crippen LogP contribution < -0.4 is 16.4 Å². The number of amidine groups is 1. The van der Waals surface area contributed by atoms with Gasteiger partial charge in [0.25, 0.3) is 0 Å². The molecule has 0 spiro atoms. The van der Waals surface area contributed by atoms with E-state index in [0.29, 0.717) is 22.1 Å². The van der Waals surface area contributed by atoms with Gasteiger partial charge >= 0.3 is 0 Å². The van der Waals surface area contributed by atoms with Crippen LogP contribution in [-0.4, -0.2) is 48.6 Å². The van der Waals surface area contributed by atoms with E-state index in [1.54, 1.807) is 13.1 Å². The van der Waals surface area contributed by atoms with Crippen molar-refractivity contribution in [2.75, 3.05) is 37.8 Å². The van der Waals surface area contributed by atoms with Crippen molar-refractivity contribution in [3.05, 3.63) is 64.1 Å². The van der Waals surface area contributed by atoms with Crippen LogP contribution in [0.5, 0.6) is 0 Å². The molecule has 7 nitrogen and oxygen atoms in total. The quantitative estimate of drug-likeness (QED) is 0.620. The third-order valence-corrected chi connectivity index (χ3v) is 4.58. The third-order valence-electron chi connectivity index (χ3n) is 4.25. The molecular formula is C20H24ClN7. The van der Waals surface area contributed by atoms with Gasteiger partial charge in [-0.1, -0.05) is 29.8 Å². The summed E-state index contributed by atoms with van der Waals surface area (Å²) < 4.78 is 0. The highest BCUT2D eigenvalue weighted by molar-refractivity contribution is 6.36. The smallest absolute Gasteiger partial charge is 0.150 e. The topological polar surface area (TPSA) is 102 Å². The normalized spacial score (nSPS) is 15.5. The minimum atomic E-state index is 0.133. The fourth-order valence-corrected chi connectivity index (χ4v) is 3.04. The number of nitrogens with two attached hydrogens (primary N) is 1. The van der Waals surface area contributed by atoms with E-state index >= 15 is 0 Å². The first-order chi connectivity index (χ1) is 13.4. The maximum absolute atomic E-state index is 8.38. The average molecular weight is 398 g/mol. The van der Waals surface area contributed by atoms with Crippen LogP contribution in [0.15, 0.2) is 52.9 Å². The maximum Gasteiger partial charge on any atom is 0.150 e. The van der Waals surface area contributed by atoms with E-state index < -0.39 is 0 Å². The lowest BCUT2D eigenvalue weighted by atomic mass is 10.0. The standard InChI is InChI=1S/C20H24ClN7/c1-12(22)18-20(23)26-16-10-17(24-8-9-28(2)3)25-11-14(16)19(27-18)13-6-4-5-7-15(13)21/h4-7,10-11H,8-9,22H2,1-3H3,(H2,23,26)(H,24,25)/b18-12+. The van der Waals surface area contributed by atoms with Crippen LogP contribution in [0.2, 0.25) is 5.02 Å². The highest BCUT2D eigenvalue weighted by atomic mass is 35.5. The molecule has 0 radical (unpaired) electrons. The van der Waals surface area contributed by atoms with Gasteiger partial charge in [-0.3, -0.25) is 5.41 Å².